The Bertz CT molecular complexity index is 914. The van der Waals surface area contributed by atoms with E-state index >= 15 is 0 Å². The van der Waals surface area contributed by atoms with Gasteiger partial charge < -0.3 is 5.32 Å². The van der Waals surface area contributed by atoms with Crippen molar-refractivity contribution in [2.24, 2.45) is 0 Å². The summed E-state index contributed by atoms with van der Waals surface area (Å²) in [5.74, 6) is -0.165. The molecule has 2 aromatic carbocycles. The van der Waals surface area contributed by atoms with Crippen molar-refractivity contribution < 1.29 is 13.2 Å². The summed E-state index contributed by atoms with van der Waals surface area (Å²) < 4.78 is 26.5. The van der Waals surface area contributed by atoms with Gasteiger partial charge in [0.2, 0.25) is 15.9 Å². The predicted molar refractivity (Wildman–Crippen MR) is 114 cm³/mol. The number of nitrogens with one attached hydrogen (secondary N) is 2. The number of rotatable bonds is 9. The highest BCUT2D eigenvalue weighted by Gasteiger charge is 2.13. The number of halogens is 2. The van der Waals surface area contributed by atoms with E-state index in [0.717, 1.165) is 11.1 Å². The van der Waals surface area contributed by atoms with Gasteiger partial charge in [0.05, 0.1) is 15.8 Å². The predicted octanol–water partition coefficient (Wildman–Crippen LogP) is 4.07. The van der Waals surface area contributed by atoms with Crippen LogP contribution in [0, 0.1) is 0 Å². The van der Waals surface area contributed by atoms with Gasteiger partial charge in [-0.05, 0) is 43.0 Å². The van der Waals surface area contributed by atoms with Gasteiger partial charge >= 0.3 is 0 Å². The van der Waals surface area contributed by atoms with Crippen LogP contribution in [0.25, 0.3) is 0 Å². The van der Waals surface area contributed by atoms with Crippen LogP contribution in [0.3, 0.4) is 0 Å². The first kappa shape index (κ1) is 22.7. The molecule has 1 amide bonds. The Labute approximate surface area is 176 Å². The summed E-state index contributed by atoms with van der Waals surface area (Å²) in [5, 5.41) is 3.81. The molecule has 0 aliphatic rings. The van der Waals surface area contributed by atoms with Crippen molar-refractivity contribution in [1.82, 2.24) is 10.0 Å². The smallest absolute Gasteiger partial charge is 0.220 e. The monoisotopic (exact) mass is 442 g/mol. The summed E-state index contributed by atoms with van der Waals surface area (Å²) >= 11 is 12.1. The normalized spacial score (nSPS) is 11.6. The topological polar surface area (TPSA) is 75.3 Å². The molecule has 0 aliphatic carbocycles. The fraction of sp³-hybridized carbons (Fsp3) is 0.350. The number of carbonyl (C=O) groups is 1. The standard InChI is InChI=1S/C20H24Cl2N2O3S/c1-14(2)24-28(26,27)13-16-8-6-15(7-9-16)12-23-19(25)11-10-17-4-3-5-18(21)20(17)22/h3-9,14,24H,10-13H2,1-2H3,(H,23,25). The maximum atomic E-state index is 12.1. The molecule has 8 heteroatoms. The highest BCUT2D eigenvalue weighted by molar-refractivity contribution is 7.88. The Kier molecular flexibility index (Phi) is 8.31. The van der Waals surface area contributed by atoms with Crippen LogP contribution in [0.1, 0.15) is 37.0 Å². The molecule has 152 valence electrons. The number of aryl methyl sites for hydroxylation is 1. The zero-order valence-corrected chi connectivity index (χ0v) is 18.2. The van der Waals surface area contributed by atoms with Crippen LogP contribution in [0.4, 0.5) is 0 Å². The van der Waals surface area contributed by atoms with Crippen LogP contribution in [-0.4, -0.2) is 20.4 Å². The second-order valence-corrected chi connectivity index (χ2v) is 9.38. The fourth-order valence-electron chi connectivity index (χ4n) is 2.65. The van der Waals surface area contributed by atoms with E-state index in [4.69, 9.17) is 23.2 Å². The van der Waals surface area contributed by atoms with Crippen LogP contribution in [-0.2, 0) is 33.5 Å². The van der Waals surface area contributed by atoms with Gasteiger partial charge in [-0.3, -0.25) is 4.79 Å². The number of carbonyl (C=O) groups excluding carboxylic acids is 1. The quantitative estimate of drug-likeness (QED) is 0.614. The number of amides is 1. The molecule has 0 saturated carbocycles. The fourth-order valence-corrected chi connectivity index (χ4v) is 4.50. The second kappa shape index (κ2) is 10.3. The van der Waals surface area contributed by atoms with E-state index in [1.165, 1.54) is 0 Å². The lowest BCUT2D eigenvalue weighted by molar-refractivity contribution is -0.121. The second-order valence-electron chi connectivity index (χ2n) is 6.84. The van der Waals surface area contributed by atoms with Gasteiger partial charge in [-0.25, -0.2) is 13.1 Å². The average Bonchev–Trinajstić information content (AvgIpc) is 2.61. The van der Waals surface area contributed by atoms with Gasteiger partial charge in [0.1, 0.15) is 0 Å². The van der Waals surface area contributed by atoms with Crippen molar-refractivity contribution in [3.05, 3.63) is 69.2 Å². The number of hydrogen-bond acceptors (Lipinski definition) is 3. The summed E-state index contributed by atoms with van der Waals surface area (Å²) in [6, 6.07) is 12.4. The summed E-state index contributed by atoms with van der Waals surface area (Å²) in [4.78, 5) is 12.1. The Morgan fingerprint density at radius 2 is 1.68 bits per heavy atom. The zero-order valence-electron chi connectivity index (χ0n) is 15.8. The van der Waals surface area contributed by atoms with Crippen molar-refractivity contribution in [2.45, 2.75) is 45.0 Å². The van der Waals surface area contributed by atoms with Crippen molar-refractivity contribution in [2.75, 3.05) is 0 Å². The van der Waals surface area contributed by atoms with Crippen molar-refractivity contribution in [1.29, 1.82) is 0 Å². The van der Waals surface area contributed by atoms with Gasteiger partial charge in [-0.2, -0.15) is 0 Å². The maximum absolute atomic E-state index is 12.1. The molecule has 2 N–H and O–H groups in total. The van der Waals surface area contributed by atoms with Crippen LogP contribution in [0.15, 0.2) is 42.5 Å². The molecular weight excluding hydrogens is 419 g/mol. The highest BCUT2D eigenvalue weighted by Crippen LogP contribution is 2.26. The largest absolute Gasteiger partial charge is 0.352 e. The summed E-state index contributed by atoms with van der Waals surface area (Å²) in [5.41, 5.74) is 2.43. The van der Waals surface area contributed by atoms with Gasteiger partial charge in [0.25, 0.3) is 0 Å². The summed E-state index contributed by atoms with van der Waals surface area (Å²) in [6.07, 6.45) is 0.808. The maximum Gasteiger partial charge on any atom is 0.220 e. The molecule has 5 nitrogen and oxygen atoms in total. The van der Waals surface area contributed by atoms with Crippen LogP contribution < -0.4 is 10.0 Å². The third-order valence-electron chi connectivity index (χ3n) is 3.94. The van der Waals surface area contributed by atoms with E-state index < -0.39 is 10.0 Å². The first-order valence-electron chi connectivity index (χ1n) is 8.93. The van der Waals surface area contributed by atoms with Crippen LogP contribution in [0.5, 0.6) is 0 Å². The molecule has 0 aromatic heterocycles. The Morgan fingerprint density at radius 1 is 1.04 bits per heavy atom. The summed E-state index contributed by atoms with van der Waals surface area (Å²) in [6.45, 7) is 3.94. The molecule has 28 heavy (non-hydrogen) atoms. The molecule has 0 unspecified atom stereocenters. The first-order chi connectivity index (χ1) is 13.2. The molecule has 0 atom stereocenters. The zero-order chi connectivity index (χ0) is 20.7. The minimum atomic E-state index is -3.35. The van der Waals surface area contributed by atoms with E-state index in [1.54, 1.807) is 38.1 Å². The van der Waals surface area contributed by atoms with Gasteiger partial charge in [-0.15, -0.1) is 0 Å². The molecule has 2 aromatic rings. The van der Waals surface area contributed by atoms with Gasteiger partial charge in [0.15, 0.2) is 0 Å². The Balaban J connectivity index is 1.82. The highest BCUT2D eigenvalue weighted by atomic mass is 35.5. The van der Waals surface area contributed by atoms with E-state index in [0.29, 0.717) is 35.0 Å². The van der Waals surface area contributed by atoms with E-state index in [-0.39, 0.29) is 17.7 Å². The Morgan fingerprint density at radius 3 is 2.32 bits per heavy atom. The number of hydrogen-bond donors (Lipinski definition) is 2. The third-order valence-corrected chi connectivity index (χ3v) is 6.34. The molecule has 0 radical (unpaired) electrons. The van der Waals surface area contributed by atoms with Crippen molar-refractivity contribution in [3.8, 4) is 0 Å². The lowest BCUT2D eigenvalue weighted by Crippen LogP contribution is -2.31. The first-order valence-corrected chi connectivity index (χ1v) is 11.3. The van der Waals surface area contributed by atoms with Crippen molar-refractivity contribution >= 4 is 39.1 Å². The van der Waals surface area contributed by atoms with Crippen LogP contribution >= 0.6 is 23.2 Å². The molecule has 0 bridgehead atoms. The number of benzene rings is 2. The van der Waals surface area contributed by atoms with E-state index in [2.05, 4.69) is 10.0 Å². The lowest BCUT2D eigenvalue weighted by atomic mass is 10.1. The number of sulfonamides is 1. The molecule has 0 heterocycles. The van der Waals surface area contributed by atoms with Gasteiger partial charge in [-0.1, -0.05) is 59.6 Å². The molecule has 0 spiro atoms. The molecule has 0 saturated heterocycles. The minimum Gasteiger partial charge on any atom is -0.352 e. The van der Waals surface area contributed by atoms with E-state index in [9.17, 15) is 13.2 Å². The average molecular weight is 443 g/mol. The molecule has 0 fully saturated rings. The summed E-state index contributed by atoms with van der Waals surface area (Å²) in [7, 11) is -3.35. The molecular formula is C20H24Cl2N2O3S. The van der Waals surface area contributed by atoms with Gasteiger partial charge in [0, 0.05) is 19.0 Å². The Hall–Kier alpha value is -1.60. The van der Waals surface area contributed by atoms with Crippen molar-refractivity contribution in [3.63, 3.8) is 0 Å². The molecule has 0 aliphatic heterocycles. The molecule has 2 rings (SSSR count). The minimum absolute atomic E-state index is 0.0712. The lowest BCUT2D eigenvalue weighted by Gasteiger charge is -2.10. The SMILES string of the molecule is CC(C)NS(=O)(=O)Cc1ccc(CNC(=O)CCc2cccc(Cl)c2Cl)cc1. The van der Waals surface area contributed by atoms with E-state index in [1.807, 2.05) is 18.2 Å². The third kappa shape index (κ3) is 7.43. The van der Waals surface area contributed by atoms with Crippen LogP contribution in [0.2, 0.25) is 10.0 Å².